The average Bonchev–Trinajstić information content (AvgIpc) is 1.78. The summed E-state index contributed by atoms with van der Waals surface area (Å²) in [4.78, 5) is 10.4. The van der Waals surface area contributed by atoms with Crippen LogP contribution in [-0.4, -0.2) is 30.2 Å². The summed E-state index contributed by atoms with van der Waals surface area (Å²) < 4.78 is 5.64. The van der Waals surface area contributed by atoms with Gasteiger partial charge in [0.1, 0.15) is 0 Å². The Bertz CT molecular complexity index is 135. The zero-order chi connectivity index (χ0) is 8.91. The molecule has 0 aromatic rings. The van der Waals surface area contributed by atoms with Crippen LogP contribution >= 0.6 is 0 Å². The molecule has 0 fully saturated rings. The van der Waals surface area contributed by atoms with Crippen LogP contribution in [0, 0.1) is 0 Å². The molecule has 0 saturated carbocycles. The normalized spacial score (nSPS) is 9.71. The molecule has 0 aromatic heterocycles. The lowest BCUT2D eigenvalue weighted by Gasteiger charge is -2.17. The van der Waals surface area contributed by atoms with E-state index in [4.69, 9.17) is 4.12 Å². The largest absolute Gasteiger partial charge is 0.459 e. The highest BCUT2D eigenvalue weighted by atomic mass is 28.4. The van der Waals surface area contributed by atoms with E-state index >= 15 is 0 Å². The summed E-state index contributed by atoms with van der Waals surface area (Å²) >= 11 is 0. The van der Waals surface area contributed by atoms with Gasteiger partial charge in [-0.1, -0.05) is 22.3 Å². The predicted molar refractivity (Wildman–Crippen MR) is 71.9 cm³/mol. The van der Waals surface area contributed by atoms with E-state index in [1.807, 2.05) is 0 Å². The van der Waals surface area contributed by atoms with Crippen molar-refractivity contribution in [3.8, 4) is 0 Å². The first-order valence-corrected chi connectivity index (χ1v) is 8.79. The quantitative estimate of drug-likeness (QED) is 0.601. The Morgan fingerprint density at radius 2 is 1.71 bits per heavy atom. The molecule has 0 bridgehead atoms. The highest BCUT2D eigenvalue weighted by molar-refractivity contribution is 6.73. The molecule has 90 valence electrons. The Hall–Kier alpha value is -0.136. The van der Waals surface area contributed by atoms with Gasteiger partial charge in [-0.05, 0) is 19.6 Å². The van der Waals surface area contributed by atoms with Gasteiger partial charge in [-0.3, -0.25) is 4.79 Å². The van der Waals surface area contributed by atoms with Gasteiger partial charge >= 0.3 is 0 Å². The average molecular weight is 240 g/mol. The van der Waals surface area contributed by atoms with Crippen LogP contribution in [0.15, 0.2) is 0 Å². The van der Waals surface area contributed by atoms with Crippen molar-refractivity contribution in [2.45, 2.75) is 48.8 Å². The van der Waals surface area contributed by atoms with Gasteiger partial charge in [-0.25, -0.2) is 0 Å². The smallest absolute Gasteiger partial charge is 0.216 e. The van der Waals surface area contributed by atoms with E-state index in [1.165, 1.54) is 6.92 Å². The maximum Gasteiger partial charge on any atom is 0.216 e. The molecule has 0 aliphatic rings. The lowest BCUT2D eigenvalue weighted by Crippen LogP contribution is -2.34. The van der Waals surface area contributed by atoms with E-state index in [1.54, 1.807) is 0 Å². The summed E-state index contributed by atoms with van der Waals surface area (Å²) in [5, 5.41) is 2.74. The van der Waals surface area contributed by atoms with Crippen molar-refractivity contribution in [3.05, 3.63) is 0 Å². The number of hydrogen-bond acceptors (Lipinski definition) is 2. The minimum Gasteiger partial charge on any atom is -0.459 e. The predicted octanol–water partition coefficient (Wildman–Crippen LogP) is 1.92. The first kappa shape index (κ1) is 23.6. The van der Waals surface area contributed by atoms with E-state index in [-0.39, 0.29) is 28.2 Å². The molecule has 0 spiro atoms. The van der Waals surface area contributed by atoms with Gasteiger partial charge in [0, 0.05) is 13.1 Å². The van der Waals surface area contributed by atoms with Crippen molar-refractivity contribution < 1.29 is 8.91 Å². The summed E-state index contributed by atoms with van der Waals surface area (Å²) in [5.74, 6) is 0.0386. The molecule has 0 atom stereocenters. The fourth-order valence-electron chi connectivity index (χ4n) is 0.584. The molecule has 1 amide bonds. The minimum atomic E-state index is -1.32. The van der Waals surface area contributed by atoms with E-state index in [9.17, 15) is 4.79 Å². The molecule has 0 radical (unpaired) electrons. The first-order valence-electron chi connectivity index (χ1n) is 3.80. The van der Waals surface area contributed by atoms with Crippen LogP contribution in [0.25, 0.3) is 0 Å². The second kappa shape index (κ2) is 10.9. The van der Waals surface area contributed by atoms with Gasteiger partial charge in [0.25, 0.3) is 0 Å². The zero-order valence-electron chi connectivity index (χ0n) is 7.73. The van der Waals surface area contributed by atoms with Gasteiger partial charge in [-0.15, -0.1) is 0 Å². The number of carbonyl (C=O) groups is 1. The Morgan fingerprint density at radius 1 is 1.29 bits per heavy atom. The molecule has 14 heavy (non-hydrogen) atoms. The highest BCUT2D eigenvalue weighted by Crippen LogP contribution is 1.99. The molecular formula is C9H29NO2Si2. The van der Waals surface area contributed by atoms with Gasteiger partial charge in [-0.2, -0.15) is 0 Å². The standard InChI is InChI=1S/C6H17NO2Si2.3CH4/c1-6(8)7-5-10-9-11(2,3)4;;;/h5,10H2,1-4H3,(H,7,8);3*1H4. The summed E-state index contributed by atoms with van der Waals surface area (Å²) in [6.45, 7) is 8.01. The Kier molecular flexibility index (Phi) is 18.4. The van der Waals surface area contributed by atoms with E-state index in [0.717, 1.165) is 6.17 Å². The van der Waals surface area contributed by atoms with Crippen LogP contribution in [0.3, 0.4) is 0 Å². The number of rotatable bonds is 4. The lowest BCUT2D eigenvalue weighted by atomic mass is 10.7. The molecule has 0 heterocycles. The van der Waals surface area contributed by atoms with Crippen molar-refractivity contribution in [2.24, 2.45) is 0 Å². The zero-order valence-corrected chi connectivity index (χ0v) is 10.1. The van der Waals surface area contributed by atoms with E-state index < -0.39 is 18.1 Å². The molecule has 0 aromatic carbocycles. The van der Waals surface area contributed by atoms with Crippen LogP contribution < -0.4 is 5.32 Å². The van der Waals surface area contributed by atoms with Crippen molar-refractivity contribution in [1.29, 1.82) is 0 Å². The second-order valence-corrected chi connectivity index (χ2v) is 9.73. The summed E-state index contributed by atoms with van der Waals surface area (Å²) in [6.07, 6.45) is 0.763. The van der Waals surface area contributed by atoms with Crippen molar-refractivity contribution in [1.82, 2.24) is 5.32 Å². The fraction of sp³-hybridized carbons (Fsp3) is 0.889. The monoisotopic (exact) mass is 239 g/mol. The summed E-state index contributed by atoms with van der Waals surface area (Å²) in [5.41, 5.74) is 0. The molecule has 0 aliphatic carbocycles. The van der Waals surface area contributed by atoms with Crippen molar-refractivity contribution >= 4 is 24.0 Å². The van der Waals surface area contributed by atoms with Crippen molar-refractivity contribution in [2.75, 3.05) is 6.17 Å². The van der Waals surface area contributed by atoms with Crippen LogP contribution in [0.4, 0.5) is 0 Å². The van der Waals surface area contributed by atoms with Crippen LogP contribution in [0.1, 0.15) is 29.2 Å². The van der Waals surface area contributed by atoms with Gasteiger partial charge < -0.3 is 9.43 Å². The lowest BCUT2D eigenvalue weighted by molar-refractivity contribution is -0.118. The number of carbonyl (C=O) groups excluding carboxylic acids is 1. The van der Waals surface area contributed by atoms with Gasteiger partial charge in [0.15, 0.2) is 18.1 Å². The van der Waals surface area contributed by atoms with Crippen molar-refractivity contribution in [3.63, 3.8) is 0 Å². The fourth-order valence-corrected chi connectivity index (χ4v) is 3.90. The van der Waals surface area contributed by atoms with E-state index in [2.05, 4.69) is 25.0 Å². The molecule has 5 heteroatoms. The maximum absolute atomic E-state index is 10.4. The summed E-state index contributed by atoms with van der Waals surface area (Å²) in [7, 11) is -1.82. The Labute approximate surface area is 93.7 Å². The second-order valence-electron chi connectivity index (χ2n) is 3.44. The first-order chi connectivity index (χ1) is 4.92. The summed E-state index contributed by atoms with van der Waals surface area (Å²) in [6, 6.07) is 0. The molecule has 3 nitrogen and oxygen atoms in total. The van der Waals surface area contributed by atoms with Crippen LogP contribution in [0.2, 0.25) is 19.6 Å². The Balaban J connectivity index is -0.000000167. The molecule has 0 saturated heterocycles. The number of hydrogen-bond donors (Lipinski definition) is 1. The third kappa shape index (κ3) is 22.6. The Morgan fingerprint density at radius 3 is 2.00 bits per heavy atom. The topological polar surface area (TPSA) is 38.3 Å². The third-order valence-electron chi connectivity index (χ3n) is 1.01. The van der Waals surface area contributed by atoms with Gasteiger partial charge in [0.2, 0.25) is 5.91 Å². The molecule has 1 N–H and O–H groups in total. The maximum atomic E-state index is 10.4. The van der Waals surface area contributed by atoms with Crippen LogP contribution in [-0.2, 0) is 8.91 Å². The SMILES string of the molecule is C.C.C.CC(=O)NC[SiH2]O[Si](C)(C)C. The minimum absolute atomic E-state index is 0. The van der Waals surface area contributed by atoms with Gasteiger partial charge in [0.05, 0.1) is 0 Å². The molecule has 0 rings (SSSR count). The van der Waals surface area contributed by atoms with E-state index in [0.29, 0.717) is 0 Å². The molecule has 0 aliphatic heterocycles. The number of nitrogens with one attached hydrogen (secondary N) is 1. The highest BCUT2D eigenvalue weighted by Gasteiger charge is 2.12. The number of amides is 1. The molecular weight excluding hydrogens is 210 g/mol. The van der Waals surface area contributed by atoms with Crippen LogP contribution in [0.5, 0.6) is 0 Å². The molecule has 0 unspecified atom stereocenters. The third-order valence-corrected chi connectivity index (χ3v) is 5.75.